The Hall–Kier alpha value is -1.82. The summed E-state index contributed by atoms with van der Waals surface area (Å²) in [5, 5.41) is 0.715. The van der Waals surface area contributed by atoms with Gasteiger partial charge in [-0.2, -0.15) is 0 Å². The molecule has 0 atom stereocenters. The van der Waals surface area contributed by atoms with Gasteiger partial charge in [0.1, 0.15) is 16.7 Å². The molecule has 1 saturated heterocycles. The Balaban J connectivity index is 1.39. The van der Waals surface area contributed by atoms with Crippen molar-refractivity contribution in [3.05, 3.63) is 69.6 Å². The van der Waals surface area contributed by atoms with Crippen molar-refractivity contribution in [1.29, 1.82) is 0 Å². The lowest BCUT2D eigenvalue weighted by molar-refractivity contribution is -0.124. The Bertz CT molecular complexity index is 919. The highest BCUT2D eigenvalue weighted by Gasteiger charge is 2.37. The standard InChI is InChI=1S/C23H22ClNO2S2/c24-18-10-6-17(7-11-18)15-27-20-12-8-16(9-13-20)14-21-22(26)25(23(28)29-21)19-4-2-1-3-5-19/h6-14,19H,1-5,15H2/b21-14-. The van der Waals surface area contributed by atoms with Gasteiger partial charge in [0, 0.05) is 11.1 Å². The molecule has 29 heavy (non-hydrogen) atoms. The molecule has 1 aliphatic carbocycles. The number of amides is 1. The van der Waals surface area contributed by atoms with Crippen LogP contribution < -0.4 is 4.74 Å². The van der Waals surface area contributed by atoms with E-state index in [1.807, 2.05) is 59.5 Å². The highest BCUT2D eigenvalue weighted by molar-refractivity contribution is 8.26. The Labute approximate surface area is 186 Å². The molecule has 0 unspecified atom stereocenters. The molecule has 2 aliphatic rings. The molecule has 0 aromatic heterocycles. The van der Waals surface area contributed by atoms with Crippen molar-refractivity contribution in [3.8, 4) is 5.75 Å². The topological polar surface area (TPSA) is 29.5 Å². The van der Waals surface area contributed by atoms with Crippen LogP contribution in [-0.4, -0.2) is 21.2 Å². The van der Waals surface area contributed by atoms with Gasteiger partial charge in [-0.3, -0.25) is 9.69 Å². The summed E-state index contributed by atoms with van der Waals surface area (Å²) in [6, 6.07) is 15.6. The molecule has 0 spiro atoms. The predicted molar refractivity (Wildman–Crippen MR) is 124 cm³/mol. The monoisotopic (exact) mass is 443 g/mol. The Morgan fingerprint density at radius 1 is 1.07 bits per heavy atom. The maximum atomic E-state index is 12.9. The van der Waals surface area contributed by atoms with Crippen LogP contribution in [0, 0.1) is 0 Å². The van der Waals surface area contributed by atoms with E-state index in [0.717, 1.165) is 29.7 Å². The maximum absolute atomic E-state index is 12.9. The summed E-state index contributed by atoms with van der Waals surface area (Å²) in [6.45, 7) is 0.483. The predicted octanol–water partition coefficient (Wildman–Crippen LogP) is 6.45. The number of carbonyl (C=O) groups excluding carboxylic acids is 1. The van der Waals surface area contributed by atoms with Crippen LogP contribution in [0.1, 0.15) is 43.2 Å². The third-order valence-corrected chi connectivity index (χ3v) is 6.84. The number of carbonyl (C=O) groups is 1. The number of hydrogen-bond acceptors (Lipinski definition) is 4. The quantitative estimate of drug-likeness (QED) is 0.392. The van der Waals surface area contributed by atoms with Gasteiger partial charge < -0.3 is 4.74 Å². The van der Waals surface area contributed by atoms with E-state index in [-0.39, 0.29) is 11.9 Å². The maximum Gasteiger partial charge on any atom is 0.266 e. The van der Waals surface area contributed by atoms with E-state index >= 15 is 0 Å². The van der Waals surface area contributed by atoms with Gasteiger partial charge >= 0.3 is 0 Å². The molecule has 1 saturated carbocycles. The minimum absolute atomic E-state index is 0.0509. The molecule has 1 aliphatic heterocycles. The molecule has 1 amide bonds. The Morgan fingerprint density at radius 3 is 2.45 bits per heavy atom. The number of thiocarbonyl (C=S) groups is 1. The fourth-order valence-electron chi connectivity index (χ4n) is 3.69. The third kappa shape index (κ3) is 5.03. The van der Waals surface area contributed by atoms with Crippen molar-refractivity contribution < 1.29 is 9.53 Å². The van der Waals surface area contributed by atoms with Gasteiger partial charge in [0.25, 0.3) is 5.91 Å². The van der Waals surface area contributed by atoms with Gasteiger partial charge in [0.2, 0.25) is 0 Å². The zero-order valence-electron chi connectivity index (χ0n) is 16.0. The van der Waals surface area contributed by atoms with Crippen LogP contribution in [0.4, 0.5) is 0 Å². The van der Waals surface area contributed by atoms with Gasteiger partial charge in [-0.05, 0) is 54.3 Å². The highest BCUT2D eigenvalue weighted by atomic mass is 35.5. The first-order valence-corrected chi connectivity index (χ1v) is 11.4. The molecular weight excluding hydrogens is 422 g/mol. The lowest BCUT2D eigenvalue weighted by Crippen LogP contribution is -2.39. The second kappa shape index (κ2) is 9.33. The van der Waals surface area contributed by atoms with E-state index in [4.69, 9.17) is 28.6 Å². The number of ether oxygens (including phenoxy) is 1. The van der Waals surface area contributed by atoms with E-state index in [1.165, 1.54) is 31.0 Å². The van der Waals surface area contributed by atoms with Crippen molar-refractivity contribution >= 4 is 51.9 Å². The molecule has 2 fully saturated rings. The lowest BCUT2D eigenvalue weighted by atomic mass is 9.94. The van der Waals surface area contributed by atoms with Crippen LogP contribution in [-0.2, 0) is 11.4 Å². The summed E-state index contributed by atoms with van der Waals surface area (Å²) in [5.74, 6) is 0.835. The Kier molecular flexibility index (Phi) is 6.58. The molecule has 0 radical (unpaired) electrons. The van der Waals surface area contributed by atoms with E-state index in [1.54, 1.807) is 0 Å². The largest absolute Gasteiger partial charge is 0.489 e. The number of nitrogens with zero attached hydrogens (tertiary/aromatic N) is 1. The van der Waals surface area contributed by atoms with Crippen LogP contribution in [0.25, 0.3) is 6.08 Å². The SMILES string of the molecule is O=C1/C(=C/c2ccc(OCc3ccc(Cl)cc3)cc2)SC(=S)N1C1CCCCC1. The minimum Gasteiger partial charge on any atom is -0.489 e. The van der Waals surface area contributed by atoms with E-state index in [2.05, 4.69) is 0 Å². The van der Waals surface area contributed by atoms with Gasteiger partial charge in [-0.15, -0.1) is 0 Å². The van der Waals surface area contributed by atoms with E-state index in [9.17, 15) is 4.79 Å². The van der Waals surface area contributed by atoms with Crippen molar-refractivity contribution in [2.45, 2.75) is 44.8 Å². The fraction of sp³-hybridized carbons (Fsp3) is 0.304. The summed E-state index contributed by atoms with van der Waals surface area (Å²) in [7, 11) is 0. The first-order valence-electron chi connectivity index (χ1n) is 9.84. The second-order valence-electron chi connectivity index (χ2n) is 7.33. The summed E-state index contributed by atoms with van der Waals surface area (Å²) in [5.41, 5.74) is 2.03. The smallest absolute Gasteiger partial charge is 0.266 e. The minimum atomic E-state index is 0.0509. The first-order chi connectivity index (χ1) is 14.1. The lowest BCUT2D eigenvalue weighted by Gasteiger charge is -2.29. The molecule has 2 aromatic carbocycles. The molecule has 0 N–H and O–H groups in total. The molecule has 1 heterocycles. The van der Waals surface area contributed by atoms with Crippen molar-refractivity contribution in [2.24, 2.45) is 0 Å². The van der Waals surface area contributed by atoms with Crippen LogP contribution >= 0.6 is 35.6 Å². The summed E-state index contributed by atoms with van der Waals surface area (Å²) < 4.78 is 6.52. The zero-order chi connectivity index (χ0) is 20.2. The number of benzene rings is 2. The van der Waals surface area contributed by atoms with Crippen molar-refractivity contribution in [1.82, 2.24) is 4.90 Å². The molecule has 2 aromatic rings. The highest BCUT2D eigenvalue weighted by Crippen LogP contribution is 2.37. The fourth-order valence-corrected chi connectivity index (χ4v) is 5.22. The molecule has 0 bridgehead atoms. The van der Waals surface area contributed by atoms with Crippen LogP contribution in [0.3, 0.4) is 0 Å². The van der Waals surface area contributed by atoms with Crippen molar-refractivity contribution in [2.75, 3.05) is 0 Å². The normalized spacial score (nSPS) is 19.2. The number of rotatable bonds is 5. The van der Waals surface area contributed by atoms with E-state index in [0.29, 0.717) is 20.9 Å². The summed E-state index contributed by atoms with van der Waals surface area (Å²) in [6.07, 6.45) is 7.65. The number of hydrogen-bond donors (Lipinski definition) is 0. The third-order valence-electron chi connectivity index (χ3n) is 5.26. The molecule has 3 nitrogen and oxygen atoms in total. The molecule has 4 rings (SSSR count). The molecule has 6 heteroatoms. The second-order valence-corrected chi connectivity index (χ2v) is 9.44. The first kappa shape index (κ1) is 20.5. The van der Waals surface area contributed by atoms with Gasteiger partial charge in [-0.25, -0.2) is 0 Å². The summed E-state index contributed by atoms with van der Waals surface area (Å²) in [4.78, 5) is 15.4. The zero-order valence-corrected chi connectivity index (χ0v) is 18.4. The van der Waals surface area contributed by atoms with Crippen LogP contribution in [0.5, 0.6) is 5.75 Å². The van der Waals surface area contributed by atoms with Gasteiger partial charge in [0.05, 0.1) is 4.91 Å². The molecular formula is C23H22ClNO2S2. The van der Waals surface area contributed by atoms with Crippen molar-refractivity contribution in [3.63, 3.8) is 0 Å². The average molecular weight is 444 g/mol. The van der Waals surface area contributed by atoms with Gasteiger partial charge in [0.15, 0.2) is 0 Å². The average Bonchev–Trinajstić information content (AvgIpc) is 3.02. The number of halogens is 1. The van der Waals surface area contributed by atoms with Gasteiger partial charge in [-0.1, -0.05) is 79.1 Å². The van der Waals surface area contributed by atoms with Crippen LogP contribution in [0.2, 0.25) is 5.02 Å². The Morgan fingerprint density at radius 2 is 1.76 bits per heavy atom. The number of thioether (sulfide) groups is 1. The molecule has 150 valence electrons. The van der Waals surface area contributed by atoms with Crippen LogP contribution in [0.15, 0.2) is 53.4 Å². The summed E-state index contributed by atoms with van der Waals surface area (Å²) >= 11 is 12.8. The van der Waals surface area contributed by atoms with E-state index < -0.39 is 0 Å².